The number of carbonyl (C=O) groups is 1. The summed E-state index contributed by atoms with van der Waals surface area (Å²) >= 11 is 5.75. The first-order chi connectivity index (χ1) is 12.1. The third-order valence-corrected chi connectivity index (χ3v) is 4.41. The Morgan fingerprint density at radius 3 is 2.68 bits per heavy atom. The van der Waals surface area contributed by atoms with Crippen molar-refractivity contribution in [3.05, 3.63) is 47.4 Å². The van der Waals surface area contributed by atoms with Crippen LogP contribution in [0.15, 0.2) is 40.8 Å². The number of imidazole rings is 1. The minimum Gasteiger partial charge on any atom is -0.440 e. The van der Waals surface area contributed by atoms with Gasteiger partial charge in [0, 0.05) is 13.1 Å². The number of nitrogens with zero attached hydrogens (tertiary/aromatic N) is 3. The fourth-order valence-electron chi connectivity index (χ4n) is 2.78. The fraction of sp³-hybridized carbons (Fsp3) is 0.333. The second-order valence-corrected chi connectivity index (χ2v) is 6.03. The molecule has 1 amide bonds. The van der Waals surface area contributed by atoms with Gasteiger partial charge in [-0.05, 0) is 49.0 Å². The maximum Gasteiger partial charge on any atom is 0.293 e. The topological polar surface area (TPSA) is 63.3 Å². The smallest absolute Gasteiger partial charge is 0.293 e. The van der Waals surface area contributed by atoms with E-state index < -0.39 is 0 Å². The molecule has 0 spiro atoms. The maximum absolute atomic E-state index is 12.4. The molecule has 0 saturated carbocycles. The van der Waals surface area contributed by atoms with Gasteiger partial charge in [0.15, 0.2) is 11.0 Å². The Kier molecular flexibility index (Phi) is 5.40. The summed E-state index contributed by atoms with van der Waals surface area (Å²) in [6.07, 6.45) is 0. The minimum absolute atomic E-state index is 0.160. The molecule has 0 fully saturated rings. The molecule has 0 aliphatic rings. The summed E-state index contributed by atoms with van der Waals surface area (Å²) in [7, 11) is 0. The lowest BCUT2D eigenvalue weighted by atomic mass is 10.3. The molecule has 0 aliphatic carbocycles. The van der Waals surface area contributed by atoms with E-state index in [1.165, 1.54) is 0 Å². The van der Waals surface area contributed by atoms with Crippen molar-refractivity contribution in [3.8, 4) is 0 Å². The molecule has 3 rings (SSSR count). The summed E-state index contributed by atoms with van der Waals surface area (Å²) < 4.78 is 7.20. The Labute approximate surface area is 151 Å². The molecule has 1 aromatic carbocycles. The third kappa shape index (κ3) is 3.86. The van der Waals surface area contributed by atoms with E-state index in [1.54, 1.807) is 12.1 Å². The van der Waals surface area contributed by atoms with Gasteiger partial charge in [-0.1, -0.05) is 26.0 Å². The maximum atomic E-state index is 12.4. The lowest BCUT2D eigenvalue weighted by Gasteiger charge is -2.19. The van der Waals surface area contributed by atoms with E-state index in [-0.39, 0.29) is 16.9 Å². The standard InChI is InChI=1S/C18H21ClN4O2/c1-3-22(4-2)11-12-23-14-8-6-5-7-13(14)20-18(23)21-17(24)15-9-10-16(19)25-15/h5-10H,3-4,11-12H2,1-2H3,(H,20,21,24). The predicted molar refractivity (Wildman–Crippen MR) is 99.2 cm³/mol. The van der Waals surface area contributed by atoms with E-state index >= 15 is 0 Å². The molecule has 2 aromatic heterocycles. The van der Waals surface area contributed by atoms with Gasteiger partial charge in [0.1, 0.15) is 0 Å². The van der Waals surface area contributed by atoms with Gasteiger partial charge in [0.05, 0.1) is 11.0 Å². The number of hydrogen-bond donors (Lipinski definition) is 1. The molecule has 0 unspecified atom stereocenters. The summed E-state index contributed by atoms with van der Waals surface area (Å²) in [5.74, 6) is 0.296. The number of anilines is 1. The summed E-state index contributed by atoms with van der Waals surface area (Å²) in [6, 6.07) is 10.9. The molecule has 0 aliphatic heterocycles. The van der Waals surface area contributed by atoms with Crippen LogP contribution in [0.5, 0.6) is 0 Å². The van der Waals surface area contributed by atoms with Gasteiger partial charge < -0.3 is 13.9 Å². The predicted octanol–water partition coefficient (Wildman–Crippen LogP) is 3.88. The van der Waals surface area contributed by atoms with Crippen molar-refractivity contribution in [2.45, 2.75) is 20.4 Å². The zero-order valence-electron chi connectivity index (χ0n) is 14.3. The van der Waals surface area contributed by atoms with Crippen LogP contribution in [0, 0.1) is 0 Å². The number of rotatable bonds is 7. The highest BCUT2D eigenvalue weighted by molar-refractivity contribution is 6.29. The van der Waals surface area contributed by atoms with Gasteiger partial charge in [-0.3, -0.25) is 10.1 Å². The Hall–Kier alpha value is -2.31. The zero-order chi connectivity index (χ0) is 17.8. The van der Waals surface area contributed by atoms with Crippen molar-refractivity contribution in [2.75, 3.05) is 25.0 Å². The number of amides is 1. The number of furan rings is 1. The number of likely N-dealkylation sites (N-methyl/N-ethyl adjacent to an activating group) is 1. The van der Waals surface area contributed by atoms with Crippen LogP contribution in [-0.4, -0.2) is 40.0 Å². The monoisotopic (exact) mass is 360 g/mol. The molecule has 25 heavy (non-hydrogen) atoms. The number of carbonyl (C=O) groups excluding carboxylic acids is 1. The lowest BCUT2D eigenvalue weighted by Crippen LogP contribution is -2.27. The van der Waals surface area contributed by atoms with Gasteiger partial charge in [-0.2, -0.15) is 0 Å². The summed E-state index contributed by atoms with van der Waals surface area (Å²) in [6.45, 7) is 7.85. The third-order valence-electron chi connectivity index (χ3n) is 4.21. The van der Waals surface area contributed by atoms with Crippen LogP contribution in [-0.2, 0) is 6.54 Å². The molecular formula is C18H21ClN4O2. The minimum atomic E-state index is -0.369. The number of para-hydroxylation sites is 2. The first kappa shape index (κ1) is 17.5. The molecule has 0 radical (unpaired) electrons. The van der Waals surface area contributed by atoms with Crippen molar-refractivity contribution >= 4 is 34.5 Å². The first-order valence-electron chi connectivity index (χ1n) is 8.36. The second-order valence-electron chi connectivity index (χ2n) is 5.66. The Balaban J connectivity index is 1.88. The number of hydrogen-bond acceptors (Lipinski definition) is 4. The normalized spacial score (nSPS) is 11.4. The SMILES string of the molecule is CCN(CC)CCn1c(NC(=O)c2ccc(Cl)o2)nc2ccccc21. The molecule has 0 bridgehead atoms. The first-order valence-corrected chi connectivity index (χ1v) is 8.74. The Morgan fingerprint density at radius 2 is 2.00 bits per heavy atom. The Bertz CT molecular complexity index is 867. The fourth-order valence-corrected chi connectivity index (χ4v) is 2.92. The molecule has 1 N–H and O–H groups in total. The van der Waals surface area contributed by atoms with E-state index in [0.717, 1.165) is 37.2 Å². The number of nitrogens with one attached hydrogen (secondary N) is 1. The molecular weight excluding hydrogens is 340 g/mol. The highest BCUT2D eigenvalue weighted by Crippen LogP contribution is 2.21. The average Bonchev–Trinajstić information content (AvgIpc) is 3.20. The second kappa shape index (κ2) is 7.72. The van der Waals surface area contributed by atoms with E-state index in [9.17, 15) is 4.79 Å². The van der Waals surface area contributed by atoms with Crippen molar-refractivity contribution in [3.63, 3.8) is 0 Å². The van der Waals surface area contributed by atoms with Crippen LogP contribution in [0.3, 0.4) is 0 Å². The van der Waals surface area contributed by atoms with Gasteiger partial charge >= 0.3 is 0 Å². The van der Waals surface area contributed by atoms with Gasteiger partial charge in [0.2, 0.25) is 5.95 Å². The quantitative estimate of drug-likeness (QED) is 0.694. The average molecular weight is 361 g/mol. The zero-order valence-corrected chi connectivity index (χ0v) is 15.1. The summed E-state index contributed by atoms with van der Waals surface area (Å²) in [4.78, 5) is 19.3. The van der Waals surface area contributed by atoms with Crippen LogP contribution in [0.4, 0.5) is 5.95 Å². The van der Waals surface area contributed by atoms with Crippen molar-refractivity contribution in [2.24, 2.45) is 0 Å². The van der Waals surface area contributed by atoms with Crippen molar-refractivity contribution in [1.29, 1.82) is 0 Å². The molecule has 7 heteroatoms. The summed E-state index contributed by atoms with van der Waals surface area (Å²) in [5, 5.41) is 3.01. The Morgan fingerprint density at radius 1 is 1.24 bits per heavy atom. The number of fused-ring (bicyclic) bond motifs is 1. The van der Waals surface area contributed by atoms with Crippen LogP contribution in [0.1, 0.15) is 24.4 Å². The van der Waals surface area contributed by atoms with E-state index in [1.807, 2.05) is 28.8 Å². The lowest BCUT2D eigenvalue weighted by molar-refractivity contribution is 0.0995. The van der Waals surface area contributed by atoms with Crippen LogP contribution in [0.2, 0.25) is 5.22 Å². The molecule has 2 heterocycles. The number of aromatic nitrogens is 2. The largest absolute Gasteiger partial charge is 0.440 e. The molecule has 0 saturated heterocycles. The van der Waals surface area contributed by atoms with Gasteiger partial charge in [-0.25, -0.2) is 4.98 Å². The van der Waals surface area contributed by atoms with Crippen LogP contribution >= 0.6 is 11.6 Å². The summed E-state index contributed by atoms with van der Waals surface area (Å²) in [5.41, 5.74) is 1.83. The van der Waals surface area contributed by atoms with E-state index in [0.29, 0.717) is 5.95 Å². The van der Waals surface area contributed by atoms with Crippen molar-refractivity contribution < 1.29 is 9.21 Å². The molecule has 132 valence electrons. The molecule has 6 nitrogen and oxygen atoms in total. The highest BCUT2D eigenvalue weighted by Gasteiger charge is 2.17. The van der Waals surface area contributed by atoms with E-state index in [2.05, 4.69) is 29.0 Å². The highest BCUT2D eigenvalue weighted by atomic mass is 35.5. The van der Waals surface area contributed by atoms with Gasteiger partial charge in [-0.15, -0.1) is 0 Å². The van der Waals surface area contributed by atoms with Crippen LogP contribution in [0.25, 0.3) is 11.0 Å². The molecule has 3 aromatic rings. The number of halogens is 1. The molecule has 0 atom stereocenters. The van der Waals surface area contributed by atoms with Crippen LogP contribution < -0.4 is 5.32 Å². The van der Waals surface area contributed by atoms with E-state index in [4.69, 9.17) is 16.0 Å². The van der Waals surface area contributed by atoms with Gasteiger partial charge in [0.25, 0.3) is 5.91 Å². The number of benzene rings is 1. The van der Waals surface area contributed by atoms with Crippen molar-refractivity contribution in [1.82, 2.24) is 14.5 Å².